The van der Waals surface area contributed by atoms with Gasteiger partial charge in [0.1, 0.15) is 5.75 Å². The molecule has 0 radical (unpaired) electrons. The van der Waals surface area contributed by atoms with Crippen molar-refractivity contribution in [3.8, 4) is 5.75 Å². The van der Waals surface area contributed by atoms with Crippen LogP contribution in [0.1, 0.15) is 0 Å². The van der Waals surface area contributed by atoms with Gasteiger partial charge in [0.2, 0.25) is 0 Å². The highest BCUT2D eigenvalue weighted by molar-refractivity contribution is 14.1. The highest BCUT2D eigenvalue weighted by Crippen LogP contribution is 2.35. The second-order valence-corrected chi connectivity index (χ2v) is 5.69. The molecule has 1 aromatic carbocycles. The normalized spacial score (nSPS) is 10.7. The summed E-state index contributed by atoms with van der Waals surface area (Å²) >= 11 is 6.48. The SMILES string of the molecule is COc1ccc2scc(I)c2c1I. The molecule has 0 bridgehead atoms. The Hall–Kier alpha value is 0.440. The molecule has 0 atom stereocenters. The lowest BCUT2D eigenvalue weighted by molar-refractivity contribution is 0.412. The number of halogens is 2. The lowest BCUT2D eigenvalue weighted by atomic mass is 10.2. The third kappa shape index (κ3) is 1.68. The Bertz CT molecular complexity index is 450. The molecule has 0 aliphatic rings. The molecule has 0 fully saturated rings. The minimum atomic E-state index is 0.962. The second-order valence-electron chi connectivity index (χ2n) is 2.54. The van der Waals surface area contributed by atoms with Crippen LogP contribution in [0, 0.1) is 7.14 Å². The minimum Gasteiger partial charge on any atom is -0.496 e. The van der Waals surface area contributed by atoms with E-state index in [1.54, 1.807) is 18.4 Å². The number of benzene rings is 1. The number of hydrogen-bond acceptors (Lipinski definition) is 2. The molecular formula is C9H6I2OS. The predicted molar refractivity (Wildman–Crippen MR) is 73.8 cm³/mol. The first-order valence-corrected chi connectivity index (χ1v) is 6.67. The summed E-state index contributed by atoms with van der Waals surface area (Å²) in [6, 6.07) is 4.14. The number of thiophene rings is 1. The maximum absolute atomic E-state index is 5.27. The Labute approximate surface area is 108 Å². The van der Waals surface area contributed by atoms with Gasteiger partial charge in [0.15, 0.2) is 0 Å². The zero-order valence-electron chi connectivity index (χ0n) is 6.80. The van der Waals surface area contributed by atoms with Crippen LogP contribution in [0.25, 0.3) is 10.1 Å². The van der Waals surface area contributed by atoms with Gasteiger partial charge >= 0.3 is 0 Å². The van der Waals surface area contributed by atoms with E-state index in [1.807, 2.05) is 6.07 Å². The number of ether oxygens (including phenoxy) is 1. The highest BCUT2D eigenvalue weighted by Gasteiger charge is 2.09. The third-order valence-corrected chi connectivity index (χ3v) is 5.11. The zero-order chi connectivity index (χ0) is 9.42. The van der Waals surface area contributed by atoms with Crippen molar-refractivity contribution in [2.24, 2.45) is 0 Å². The zero-order valence-corrected chi connectivity index (χ0v) is 11.9. The van der Waals surface area contributed by atoms with Crippen LogP contribution in [-0.2, 0) is 0 Å². The van der Waals surface area contributed by atoms with Gasteiger partial charge in [-0.1, -0.05) is 0 Å². The van der Waals surface area contributed by atoms with Crippen LogP contribution in [0.3, 0.4) is 0 Å². The number of rotatable bonds is 1. The molecule has 0 saturated heterocycles. The summed E-state index contributed by atoms with van der Waals surface area (Å²) in [5.74, 6) is 0.962. The summed E-state index contributed by atoms with van der Waals surface area (Å²) in [6.07, 6.45) is 0. The highest BCUT2D eigenvalue weighted by atomic mass is 127. The third-order valence-electron chi connectivity index (χ3n) is 1.82. The molecule has 0 amide bonds. The van der Waals surface area contributed by atoms with Crippen LogP contribution in [-0.4, -0.2) is 7.11 Å². The fourth-order valence-corrected chi connectivity index (χ4v) is 4.82. The number of fused-ring (bicyclic) bond motifs is 1. The lowest BCUT2D eigenvalue weighted by Crippen LogP contribution is -1.86. The first-order chi connectivity index (χ1) is 6.24. The minimum absolute atomic E-state index is 0.962. The van der Waals surface area contributed by atoms with E-state index in [0.717, 1.165) is 5.75 Å². The molecule has 0 spiro atoms. The van der Waals surface area contributed by atoms with Crippen molar-refractivity contribution >= 4 is 66.6 Å². The average molecular weight is 416 g/mol. The maximum Gasteiger partial charge on any atom is 0.132 e. The molecule has 2 rings (SSSR count). The summed E-state index contributed by atoms with van der Waals surface area (Å²) in [5.41, 5.74) is 0. The van der Waals surface area contributed by atoms with Gasteiger partial charge < -0.3 is 4.74 Å². The first kappa shape index (κ1) is 9.97. The molecule has 1 nitrogen and oxygen atoms in total. The van der Waals surface area contributed by atoms with E-state index in [-0.39, 0.29) is 0 Å². The van der Waals surface area contributed by atoms with Crippen molar-refractivity contribution in [2.45, 2.75) is 0 Å². The first-order valence-electron chi connectivity index (χ1n) is 3.63. The van der Waals surface area contributed by atoms with Gasteiger partial charge in [-0.25, -0.2) is 0 Å². The van der Waals surface area contributed by atoms with Gasteiger partial charge in [0, 0.05) is 19.0 Å². The van der Waals surface area contributed by atoms with Crippen molar-refractivity contribution in [1.82, 2.24) is 0 Å². The van der Waals surface area contributed by atoms with Gasteiger partial charge in [-0.05, 0) is 57.3 Å². The number of hydrogen-bond donors (Lipinski definition) is 0. The van der Waals surface area contributed by atoms with E-state index in [0.29, 0.717) is 0 Å². The molecule has 1 aromatic heterocycles. The maximum atomic E-state index is 5.27. The van der Waals surface area contributed by atoms with Crippen LogP contribution >= 0.6 is 56.5 Å². The lowest BCUT2D eigenvalue weighted by Gasteiger charge is -2.03. The molecule has 0 aliphatic carbocycles. The summed E-state index contributed by atoms with van der Waals surface area (Å²) in [6.45, 7) is 0. The van der Waals surface area contributed by atoms with Crippen molar-refractivity contribution in [2.75, 3.05) is 7.11 Å². The van der Waals surface area contributed by atoms with Gasteiger partial charge in [0.05, 0.1) is 10.7 Å². The molecule has 0 aliphatic heterocycles. The summed E-state index contributed by atoms with van der Waals surface area (Å²) < 4.78 is 9.12. The molecule has 0 N–H and O–H groups in total. The molecular weight excluding hydrogens is 410 g/mol. The van der Waals surface area contributed by atoms with E-state index in [9.17, 15) is 0 Å². The number of methoxy groups -OCH3 is 1. The molecule has 4 heteroatoms. The fourth-order valence-electron chi connectivity index (χ4n) is 1.19. The van der Waals surface area contributed by atoms with Gasteiger partial charge in [-0.15, -0.1) is 11.3 Å². The molecule has 0 saturated carbocycles. The quantitative estimate of drug-likeness (QED) is 0.636. The molecule has 13 heavy (non-hydrogen) atoms. The monoisotopic (exact) mass is 416 g/mol. The molecule has 68 valence electrons. The van der Waals surface area contributed by atoms with Gasteiger partial charge in [-0.3, -0.25) is 0 Å². The summed E-state index contributed by atoms with van der Waals surface area (Å²) in [4.78, 5) is 0. The van der Waals surface area contributed by atoms with E-state index in [1.165, 1.54) is 17.2 Å². The van der Waals surface area contributed by atoms with Crippen LogP contribution in [0.2, 0.25) is 0 Å². The summed E-state index contributed by atoms with van der Waals surface area (Å²) in [5, 5.41) is 3.50. The summed E-state index contributed by atoms with van der Waals surface area (Å²) in [7, 11) is 1.71. The van der Waals surface area contributed by atoms with E-state index >= 15 is 0 Å². The van der Waals surface area contributed by atoms with Crippen LogP contribution < -0.4 is 4.74 Å². The second kappa shape index (κ2) is 3.90. The largest absolute Gasteiger partial charge is 0.496 e. The average Bonchev–Trinajstić information content (AvgIpc) is 2.49. The molecule has 0 unspecified atom stereocenters. The van der Waals surface area contributed by atoms with Gasteiger partial charge in [-0.2, -0.15) is 0 Å². The Kier molecular flexibility index (Phi) is 2.99. The Balaban J connectivity index is 2.83. The van der Waals surface area contributed by atoms with Crippen LogP contribution in [0.15, 0.2) is 17.5 Å². The Morgan fingerprint density at radius 1 is 1.31 bits per heavy atom. The van der Waals surface area contributed by atoms with E-state index in [2.05, 4.69) is 56.6 Å². The predicted octanol–water partition coefficient (Wildman–Crippen LogP) is 4.12. The molecule has 2 aromatic rings. The van der Waals surface area contributed by atoms with Crippen LogP contribution in [0.4, 0.5) is 0 Å². The molecule has 1 heterocycles. The topological polar surface area (TPSA) is 9.23 Å². The van der Waals surface area contributed by atoms with Crippen molar-refractivity contribution in [3.05, 3.63) is 24.7 Å². The van der Waals surface area contributed by atoms with Crippen molar-refractivity contribution in [1.29, 1.82) is 0 Å². The van der Waals surface area contributed by atoms with E-state index < -0.39 is 0 Å². The van der Waals surface area contributed by atoms with Crippen LogP contribution in [0.5, 0.6) is 5.75 Å². The Morgan fingerprint density at radius 3 is 2.77 bits per heavy atom. The van der Waals surface area contributed by atoms with Crippen molar-refractivity contribution in [3.63, 3.8) is 0 Å². The Morgan fingerprint density at radius 2 is 2.08 bits per heavy atom. The van der Waals surface area contributed by atoms with Gasteiger partial charge in [0.25, 0.3) is 0 Å². The smallest absolute Gasteiger partial charge is 0.132 e. The standard InChI is InChI=1S/C9H6I2OS/c1-12-6-2-3-7-8(9(6)11)5(10)4-13-7/h2-4H,1H3. The van der Waals surface area contributed by atoms with E-state index in [4.69, 9.17) is 4.74 Å². The fraction of sp³-hybridized carbons (Fsp3) is 0.111. The van der Waals surface area contributed by atoms with Crippen molar-refractivity contribution < 1.29 is 4.74 Å².